The lowest BCUT2D eigenvalue weighted by Gasteiger charge is -2.07. The Morgan fingerprint density at radius 3 is 2.65 bits per heavy atom. The molecule has 0 saturated heterocycles. The topological polar surface area (TPSA) is 41.8 Å². The fraction of sp³-hybridized carbons (Fsp3) is 0.300. The molecule has 3 heteroatoms. The van der Waals surface area contributed by atoms with Crippen LogP contribution in [0.15, 0.2) is 36.4 Å². The summed E-state index contributed by atoms with van der Waals surface area (Å²) in [6, 6.07) is 13.2. The van der Waals surface area contributed by atoms with E-state index in [1.807, 2.05) is 0 Å². The van der Waals surface area contributed by atoms with Crippen LogP contribution in [0.25, 0.3) is 22.2 Å². The van der Waals surface area contributed by atoms with E-state index in [9.17, 15) is 0 Å². The highest BCUT2D eigenvalue weighted by Gasteiger charge is 2.15. The summed E-state index contributed by atoms with van der Waals surface area (Å²) in [7, 11) is 0. The normalized spacial score (nSPS) is 11.3. The molecule has 1 heterocycles. The average Bonchev–Trinajstić information content (AvgIpc) is 2.86. The van der Waals surface area contributed by atoms with Crippen LogP contribution in [-0.2, 0) is 6.42 Å². The van der Waals surface area contributed by atoms with Crippen molar-refractivity contribution in [3.63, 3.8) is 0 Å². The first kappa shape index (κ1) is 16.5. The van der Waals surface area contributed by atoms with Gasteiger partial charge in [0, 0.05) is 20.2 Å². The van der Waals surface area contributed by atoms with Crippen molar-refractivity contribution in [2.24, 2.45) is 5.73 Å². The van der Waals surface area contributed by atoms with E-state index in [2.05, 4.69) is 77.8 Å². The van der Waals surface area contributed by atoms with Crippen molar-refractivity contribution in [2.45, 2.75) is 33.1 Å². The monoisotopic (exact) mass is 418 g/mol. The van der Waals surface area contributed by atoms with Crippen molar-refractivity contribution in [1.29, 1.82) is 0 Å². The van der Waals surface area contributed by atoms with Gasteiger partial charge in [-0.3, -0.25) is 0 Å². The molecule has 2 aromatic carbocycles. The number of fused-ring (bicyclic) bond motifs is 1. The summed E-state index contributed by atoms with van der Waals surface area (Å²) in [5.41, 5.74) is 13.6. The summed E-state index contributed by atoms with van der Waals surface area (Å²) in [6.45, 7) is 5.14. The van der Waals surface area contributed by atoms with E-state index in [-0.39, 0.29) is 0 Å². The molecule has 0 radical (unpaired) electrons. The highest BCUT2D eigenvalue weighted by molar-refractivity contribution is 14.1. The van der Waals surface area contributed by atoms with Gasteiger partial charge in [0.2, 0.25) is 0 Å². The Kier molecular flexibility index (Phi) is 5.07. The third-order valence-corrected chi connectivity index (χ3v) is 5.01. The lowest BCUT2D eigenvalue weighted by atomic mass is 9.97. The van der Waals surface area contributed by atoms with Crippen LogP contribution in [0, 0.1) is 17.4 Å². The van der Waals surface area contributed by atoms with Crippen LogP contribution in [0.2, 0.25) is 0 Å². The van der Waals surface area contributed by atoms with Crippen LogP contribution in [0.5, 0.6) is 0 Å². The zero-order chi connectivity index (χ0) is 16.4. The first-order valence-corrected chi connectivity index (χ1v) is 9.26. The quantitative estimate of drug-likeness (QED) is 0.427. The molecule has 0 unspecified atom stereocenters. The summed E-state index contributed by atoms with van der Waals surface area (Å²) < 4.78 is 1.26. The van der Waals surface area contributed by atoms with Gasteiger partial charge in [-0.1, -0.05) is 18.2 Å². The first-order chi connectivity index (χ1) is 11.1. The number of nitrogens with two attached hydrogens (primary N) is 1. The maximum atomic E-state index is 5.69. The fourth-order valence-electron chi connectivity index (χ4n) is 3.39. The molecule has 0 aliphatic heterocycles. The van der Waals surface area contributed by atoms with Gasteiger partial charge >= 0.3 is 0 Å². The number of halogens is 1. The van der Waals surface area contributed by atoms with Crippen molar-refractivity contribution >= 4 is 33.5 Å². The summed E-state index contributed by atoms with van der Waals surface area (Å²) in [5.74, 6) is 0. The number of aromatic amines is 1. The van der Waals surface area contributed by atoms with Gasteiger partial charge < -0.3 is 10.7 Å². The molecule has 3 N–H and O–H groups in total. The molecule has 3 aromatic rings. The minimum Gasteiger partial charge on any atom is -0.354 e. The molecule has 120 valence electrons. The van der Waals surface area contributed by atoms with Gasteiger partial charge in [-0.05, 0) is 103 Å². The third kappa shape index (κ3) is 3.45. The predicted octanol–water partition coefficient (Wildman–Crippen LogP) is 5.34. The molecule has 23 heavy (non-hydrogen) atoms. The minimum atomic E-state index is 0.763. The summed E-state index contributed by atoms with van der Waals surface area (Å²) in [6.07, 6.45) is 3.28. The van der Waals surface area contributed by atoms with Crippen LogP contribution in [-0.4, -0.2) is 11.5 Å². The maximum absolute atomic E-state index is 5.69. The fourth-order valence-corrected chi connectivity index (χ4v) is 3.93. The number of aromatic nitrogens is 1. The lowest BCUT2D eigenvalue weighted by molar-refractivity contribution is 0.748. The second kappa shape index (κ2) is 7.05. The number of nitrogens with one attached hydrogen (secondary N) is 1. The van der Waals surface area contributed by atoms with Crippen molar-refractivity contribution < 1.29 is 0 Å². The lowest BCUT2D eigenvalue weighted by Crippen LogP contribution is -1.99. The summed E-state index contributed by atoms with van der Waals surface area (Å²) in [5, 5.41) is 1.39. The van der Waals surface area contributed by atoms with E-state index in [0.717, 1.165) is 25.8 Å². The molecule has 0 aliphatic carbocycles. The Labute approximate surface area is 151 Å². The molecule has 0 fully saturated rings. The smallest absolute Gasteiger partial charge is 0.0497 e. The van der Waals surface area contributed by atoms with E-state index in [4.69, 9.17) is 5.73 Å². The minimum absolute atomic E-state index is 0.763. The largest absolute Gasteiger partial charge is 0.354 e. The molecule has 0 aliphatic rings. The van der Waals surface area contributed by atoms with E-state index in [1.54, 1.807) is 0 Å². The Morgan fingerprint density at radius 1 is 1.09 bits per heavy atom. The van der Waals surface area contributed by atoms with Crippen LogP contribution in [0.3, 0.4) is 0 Å². The second-order valence-corrected chi connectivity index (χ2v) is 7.48. The van der Waals surface area contributed by atoms with E-state index in [0.29, 0.717) is 0 Å². The van der Waals surface area contributed by atoms with E-state index >= 15 is 0 Å². The summed E-state index contributed by atoms with van der Waals surface area (Å²) >= 11 is 2.38. The van der Waals surface area contributed by atoms with Crippen LogP contribution < -0.4 is 5.73 Å². The van der Waals surface area contributed by atoms with Crippen molar-refractivity contribution in [3.05, 3.63) is 56.7 Å². The Balaban J connectivity index is 2.19. The van der Waals surface area contributed by atoms with Crippen molar-refractivity contribution in [1.82, 2.24) is 4.98 Å². The standard InChI is InChI=1S/C20H23IN2/c1-13-10-14(2)19-17(8-3-4-9-22)20(23-18(19)11-13)15-6-5-7-16(21)12-15/h5-7,10-12,23H,3-4,8-9,22H2,1-2H3. The Hall–Kier alpha value is -1.33. The first-order valence-electron chi connectivity index (χ1n) is 8.18. The van der Waals surface area contributed by atoms with Crippen molar-refractivity contribution in [3.8, 4) is 11.3 Å². The van der Waals surface area contributed by atoms with E-state index < -0.39 is 0 Å². The van der Waals surface area contributed by atoms with Gasteiger partial charge in [0.05, 0.1) is 0 Å². The molecule has 1 aromatic heterocycles. The molecule has 0 amide bonds. The highest BCUT2D eigenvalue weighted by atomic mass is 127. The van der Waals surface area contributed by atoms with Crippen LogP contribution in [0.1, 0.15) is 29.5 Å². The summed E-state index contributed by atoms with van der Waals surface area (Å²) in [4.78, 5) is 3.68. The molecule has 0 saturated carbocycles. The number of H-pyrrole nitrogens is 1. The number of hydrogen-bond acceptors (Lipinski definition) is 1. The van der Waals surface area contributed by atoms with Gasteiger partial charge in [0.25, 0.3) is 0 Å². The van der Waals surface area contributed by atoms with E-state index in [1.165, 1.54) is 42.4 Å². The Bertz CT molecular complexity index is 833. The number of benzene rings is 2. The van der Waals surface area contributed by atoms with Crippen LogP contribution in [0.4, 0.5) is 0 Å². The molecule has 0 spiro atoms. The molecule has 3 rings (SSSR count). The van der Waals surface area contributed by atoms with Crippen LogP contribution >= 0.6 is 22.6 Å². The predicted molar refractivity (Wildman–Crippen MR) is 108 cm³/mol. The number of hydrogen-bond donors (Lipinski definition) is 2. The molecular weight excluding hydrogens is 395 g/mol. The van der Waals surface area contributed by atoms with Gasteiger partial charge in [-0.15, -0.1) is 0 Å². The number of rotatable bonds is 5. The molecule has 2 nitrogen and oxygen atoms in total. The maximum Gasteiger partial charge on any atom is 0.0497 e. The van der Waals surface area contributed by atoms with Gasteiger partial charge in [-0.2, -0.15) is 0 Å². The van der Waals surface area contributed by atoms with Gasteiger partial charge in [-0.25, -0.2) is 0 Å². The molecular formula is C20H23IN2. The molecule has 0 atom stereocenters. The third-order valence-electron chi connectivity index (χ3n) is 4.34. The highest BCUT2D eigenvalue weighted by Crippen LogP contribution is 2.34. The molecule has 0 bridgehead atoms. The zero-order valence-corrected chi connectivity index (χ0v) is 15.9. The SMILES string of the molecule is Cc1cc(C)c2c(CCCCN)c(-c3cccc(I)c3)[nH]c2c1. The van der Waals surface area contributed by atoms with Crippen molar-refractivity contribution in [2.75, 3.05) is 6.54 Å². The van der Waals surface area contributed by atoms with Gasteiger partial charge in [0.15, 0.2) is 0 Å². The Morgan fingerprint density at radius 2 is 1.91 bits per heavy atom. The van der Waals surface area contributed by atoms with Gasteiger partial charge in [0.1, 0.15) is 0 Å². The zero-order valence-electron chi connectivity index (χ0n) is 13.7. The number of unbranched alkanes of at least 4 members (excludes halogenated alkanes) is 1. The average molecular weight is 418 g/mol. The second-order valence-electron chi connectivity index (χ2n) is 6.24. The number of aryl methyl sites for hydroxylation is 3.